The molecule has 0 amide bonds. The SMILES string of the molecule is Cc1cc(-c2cn(C3[C@H]4CC(N5CCCOCC5)C[C@@H]34)c(C3CC3)n2)cnc1N. The van der Waals surface area contributed by atoms with Gasteiger partial charge in [-0.1, -0.05) is 0 Å². The lowest BCUT2D eigenvalue weighted by Crippen LogP contribution is -2.36. The maximum atomic E-state index is 5.92. The summed E-state index contributed by atoms with van der Waals surface area (Å²) in [6.45, 7) is 6.17. The summed E-state index contributed by atoms with van der Waals surface area (Å²) in [6, 6.07) is 3.55. The number of fused-ring (bicyclic) bond motifs is 1. The minimum atomic E-state index is 0.609. The Hall–Kier alpha value is -1.92. The summed E-state index contributed by atoms with van der Waals surface area (Å²) in [5, 5.41) is 0. The molecule has 3 heterocycles. The van der Waals surface area contributed by atoms with Gasteiger partial charge in [-0.25, -0.2) is 9.97 Å². The second-order valence-electron chi connectivity index (χ2n) is 9.54. The van der Waals surface area contributed by atoms with Crippen LogP contribution in [0.2, 0.25) is 0 Å². The summed E-state index contributed by atoms with van der Waals surface area (Å²) in [7, 11) is 0. The fraction of sp³-hybridized carbons (Fsp3) is 0.652. The van der Waals surface area contributed by atoms with Crippen LogP contribution in [0.15, 0.2) is 18.5 Å². The number of nitrogens with two attached hydrogens (primary N) is 1. The van der Waals surface area contributed by atoms with Gasteiger partial charge < -0.3 is 15.0 Å². The molecule has 0 aromatic carbocycles. The molecule has 6 rings (SSSR count). The van der Waals surface area contributed by atoms with Gasteiger partial charge in [0, 0.05) is 55.7 Å². The molecular weight excluding hydrogens is 362 g/mol. The highest BCUT2D eigenvalue weighted by Crippen LogP contribution is 2.62. The Morgan fingerprint density at radius 2 is 1.97 bits per heavy atom. The average Bonchev–Trinajstić information content (AvgIpc) is 3.62. The van der Waals surface area contributed by atoms with Gasteiger partial charge >= 0.3 is 0 Å². The monoisotopic (exact) mass is 393 g/mol. The fourth-order valence-corrected chi connectivity index (χ4v) is 5.77. The first-order valence-electron chi connectivity index (χ1n) is 11.3. The third-order valence-electron chi connectivity index (χ3n) is 7.59. The Morgan fingerprint density at radius 1 is 1.14 bits per heavy atom. The van der Waals surface area contributed by atoms with Gasteiger partial charge in [0.15, 0.2) is 0 Å². The van der Waals surface area contributed by atoms with Gasteiger partial charge in [-0.3, -0.25) is 4.90 Å². The van der Waals surface area contributed by atoms with Crippen molar-refractivity contribution in [3.63, 3.8) is 0 Å². The van der Waals surface area contributed by atoms with Gasteiger partial charge in [0.05, 0.1) is 12.3 Å². The van der Waals surface area contributed by atoms with Gasteiger partial charge in [0.2, 0.25) is 0 Å². The molecule has 2 unspecified atom stereocenters. The van der Waals surface area contributed by atoms with Crippen LogP contribution in [0.4, 0.5) is 5.82 Å². The largest absolute Gasteiger partial charge is 0.383 e. The maximum Gasteiger partial charge on any atom is 0.126 e. The standard InChI is InChI=1S/C23H31N5O/c1-14-9-16(12-25-22(14)24)20-13-28(23(26-20)15-3-4-15)21-18-10-17(11-19(18)21)27-5-2-7-29-8-6-27/h9,12-13,15,17-19,21H,2-8,10-11H2,1H3,(H2,24,25)/t17?,18-,19+,21?. The van der Waals surface area contributed by atoms with Crippen molar-refractivity contribution in [2.45, 2.75) is 57.0 Å². The normalized spacial score (nSPS) is 32.2. The lowest BCUT2D eigenvalue weighted by atomic mass is 10.1. The zero-order chi connectivity index (χ0) is 19.5. The average molecular weight is 394 g/mol. The Labute approximate surface area is 172 Å². The molecule has 2 N–H and O–H groups in total. The Kier molecular flexibility index (Phi) is 4.20. The lowest BCUT2D eigenvalue weighted by molar-refractivity contribution is 0.128. The molecule has 3 saturated carbocycles. The molecule has 4 fully saturated rings. The predicted octanol–water partition coefficient (Wildman–Crippen LogP) is 3.38. The van der Waals surface area contributed by atoms with Gasteiger partial charge in [0.1, 0.15) is 11.6 Å². The summed E-state index contributed by atoms with van der Waals surface area (Å²) in [5.41, 5.74) is 9.09. The van der Waals surface area contributed by atoms with Crippen LogP contribution in [0.25, 0.3) is 11.3 Å². The number of aromatic nitrogens is 3. The molecule has 1 saturated heterocycles. The molecule has 0 radical (unpaired) electrons. The molecule has 6 heteroatoms. The summed E-state index contributed by atoms with van der Waals surface area (Å²) in [4.78, 5) is 12.1. The number of nitrogen functional groups attached to an aromatic ring is 1. The van der Waals surface area contributed by atoms with Crippen molar-refractivity contribution >= 4 is 5.82 Å². The number of hydrogen-bond acceptors (Lipinski definition) is 5. The smallest absolute Gasteiger partial charge is 0.126 e. The maximum absolute atomic E-state index is 5.92. The highest BCUT2D eigenvalue weighted by atomic mass is 16.5. The van der Waals surface area contributed by atoms with E-state index in [1.165, 1.54) is 44.5 Å². The molecule has 0 bridgehead atoms. The van der Waals surface area contributed by atoms with Crippen molar-refractivity contribution in [3.05, 3.63) is 29.8 Å². The van der Waals surface area contributed by atoms with Gasteiger partial charge in [0.25, 0.3) is 0 Å². The van der Waals surface area contributed by atoms with E-state index in [1.807, 2.05) is 13.1 Å². The first-order chi connectivity index (χ1) is 14.2. The van der Waals surface area contributed by atoms with E-state index in [9.17, 15) is 0 Å². The van der Waals surface area contributed by atoms with Crippen LogP contribution in [-0.2, 0) is 4.74 Å². The Bertz CT molecular complexity index is 900. The van der Waals surface area contributed by atoms with Crippen LogP contribution in [-0.4, -0.2) is 51.8 Å². The van der Waals surface area contributed by atoms with Gasteiger partial charge in [-0.05, 0) is 62.5 Å². The molecule has 1 aliphatic heterocycles. The number of anilines is 1. The summed E-state index contributed by atoms with van der Waals surface area (Å²) in [5.74, 6) is 4.24. The van der Waals surface area contributed by atoms with Crippen LogP contribution < -0.4 is 5.73 Å². The highest BCUT2D eigenvalue weighted by molar-refractivity contribution is 5.61. The number of rotatable bonds is 4. The number of ether oxygens (including phenoxy) is 1. The van der Waals surface area contributed by atoms with Crippen molar-refractivity contribution in [2.24, 2.45) is 11.8 Å². The molecule has 154 valence electrons. The Balaban J connectivity index is 1.22. The minimum Gasteiger partial charge on any atom is -0.383 e. The van der Waals surface area contributed by atoms with E-state index in [0.29, 0.717) is 17.8 Å². The summed E-state index contributed by atoms with van der Waals surface area (Å²) in [6.07, 6.45) is 10.6. The van der Waals surface area contributed by atoms with Gasteiger partial charge in [-0.15, -0.1) is 0 Å². The van der Waals surface area contributed by atoms with Crippen LogP contribution in [0.1, 0.15) is 55.5 Å². The van der Waals surface area contributed by atoms with Crippen molar-refractivity contribution in [3.8, 4) is 11.3 Å². The van der Waals surface area contributed by atoms with E-state index in [-0.39, 0.29) is 0 Å². The fourth-order valence-electron chi connectivity index (χ4n) is 5.77. The zero-order valence-electron chi connectivity index (χ0n) is 17.3. The molecule has 2 aromatic rings. The quantitative estimate of drug-likeness (QED) is 0.862. The minimum absolute atomic E-state index is 0.609. The van der Waals surface area contributed by atoms with Crippen LogP contribution >= 0.6 is 0 Å². The van der Waals surface area contributed by atoms with Crippen molar-refractivity contribution < 1.29 is 4.74 Å². The van der Waals surface area contributed by atoms with Crippen LogP contribution in [0.5, 0.6) is 0 Å². The molecule has 2 aromatic heterocycles. The van der Waals surface area contributed by atoms with E-state index in [4.69, 9.17) is 15.5 Å². The number of imidazole rings is 1. The molecule has 3 aliphatic carbocycles. The van der Waals surface area contributed by atoms with E-state index in [1.54, 1.807) is 0 Å². The summed E-state index contributed by atoms with van der Waals surface area (Å²) >= 11 is 0. The predicted molar refractivity (Wildman–Crippen MR) is 113 cm³/mol. The molecule has 0 spiro atoms. The number of hydrogen-bond donors (Lipinski definition) is 1. The molecule has 29 heavy (non-hydrogen) atoms. The van der Waals surface area contributed by atoms with E-state index in [2.05, 4.69) is 26.7 Å². The molecule has 4 aliphatic rings. The van der Waals surface area contributed by atoms with Crippen LogP contribution in [0, 0.1) is 18.8 Å². The van der Waals surface area contributed by atoms with Crippen LogP contribution in [0.3, 0.4) is 0 Å². The highest BCUT2D eigenvalue weighted by Gasteiger charge is 2.58. The lowest BCUT2D eigenvalue weighted by Gasteiger charge is -2.29. The van der Waals surface area contributed by atoms with Crippen molar-refractivity contribution in [2.75, 3.05) is 32.0 Å². The van der Waals surface area contributed by atoms with E-state index >= 15 is 0 Å². The van der Waals surface area contributed by atoms with E-state index < -0.39 is 0 Å². The number of nitrogens with zero attached hydrogens (tertiary/aromatic N) is 4. The first kappa shape index (κ1) is 17.9. The Morgan fingerprint density at radius 3 is 2.72 bits per heavy atom. The number of aryl methyl sites for hydroxylation is 1. The van der Waals surface area contributed by atoms with Gasteiger partial charge in [-0.2, -0.15) is 0 Å². The topological polar surface area (TPSA) is 69.2 Å². The molecule has 6 nitrogen and oxygen atoms in total. The van der Waals surface area contributed by atoms with E-state index in [0.717, 1.165) is 54.5 Å². The molecular formula is C23H31N5O. The molecule has 4 atom stereocenters. The number of pyridine rings is 1. The third kappa shape index (κ3) is 3.17. The van der Waals surface area contributed by atoms with Crippen molar-refractivity contribution in [1.82, 2.24) is 19.4 Å². The zero-order valence-corrected chi connectivity index (χ0v) is 17.3. The summed E-state index contributed by atoms with van der Waals surface area (Å²) < 4.78 is 8.21. The third-order valence-corrected chi connectivity index (χ3v) is 7.59. The second-order valence-corrected chi connectivity index (χ2v) is 9.54. The second kappa shape index (κ2) is 6.81. The van der Waals surface area contributed by atoms with Crippen molar-refractivity contribution in [1.29, 1.82) is 0 Å². The first-order valence-corrected chi connectivity index (χ1v) is 11.3.